The van der Waals surface area contributed by atoms with Crippen molar-refractivity contribution in [3.05, 3.63) is 47.7 Å². The zero-order valence-corrected chi connectivity index (χ0v) is 15.9. The SMILES string of the molecule is NC(=O)c1ccc(N2CCN(C(=O)c3ccc4c(c3)SCC(=O)N4)CC2)nc1. The first-order valence-corrected chi connectivity index (χ1v) is 9.86. The molecule has 9 heteroatoms. The summed E-state index contributed by atoms with van der Waals surface area (Å²) in [6.45, 7) is 2.48. The van der Waals surface area contributed by atoms with E-state index in [2.05, 4.69) is 15.2 Å². The Kier molecular flexibility index (Phi) is 4.91. The second kappa shape index (κ2) is 7.51. The minimum Gasteiger partial charge on any atom is -0.366 e. The van der Waals surface area contributed by atoms with Gasteiger partial charge in [-0.25, -0.2) is 4.98 Å². The molecule has 0 aliphatic carbocycles. The van der Waals surface area contributed by atoms with Crippen LogP contribution in [-0.2, 0) is 4.79 Å². The van der Waals surface area contributed by atoms with Crippen LogP contribution >= 0.6 is 11.8 Å². The lowest BCUT2D eigenvalue weighted by Gasteiger charge is -2.35. The van der Waals surface area contributed by atoms with Gasteiger partial charge >= 0.3 is 0 Å². The van der Waals surface area contributed by atoms with Crippen molar-refractivity contribution in [2.24, 2.45) is 5.73 Å². The number of nitrogens with one attached hydrogen (secondary N) is 1. The van der Waals surface area contributed by atoms with Crippen molar-refractivity contribution in [2.45, 2.75) is 4.90 Å². The Labute approximate surface area is 166 Å². The number of anilines is 2. The average molecular weight is 397 g/mol. The molecule has 3 N–H and O–H groups in total. The standard InChI is InChI=1S/C19H19N5O3S/c20-18(26)13-2-4-16(21-10-13)23-5-7-24(8-6-23)19(27)12-1-3-14-15(9-12)28-11-17(25)22-14/h1-4,9-10H,5-8,11H2,(H2,20,26)(H,22,25). The predicted octanol–water partition coefficient (Wildman–Crippen LogP) is 1.19. The molecule has 2 aliphatic heterocycles. The normalized spacial score (nSPS) is 16.4. The molecule has 0 unspecified atom stereocenters. The molecule has 0 radical (unpaired) electrons. The molecule has 0 saturated carbocycles. The summed E-state index contributed by atoms with van der Waals surface area (Å²) in [5, 5.41) is 2.81. The van der Waals surface area contributed by atoms with E-state index in [1.54, 1.807) is 24.3 Å². The Morgan fingerprint density at radius 3 is 2.50 bits per heavy atom. The maximum Gasteiger partial charge on any atom is 0.254 e. The summed E-state index contributed by atoms with van der Waals surface area (Å²) < 4.78 is 0. The molecular formula is C19H19N5O3S. The first-order chi connectivity index (χ1) is 13.5. The van der Waals surface area contributed by atoms with Crippen molar-refractivity contribution in [3.8, 4) is 0 Å². The van der Waals surface area contributed by atoms with Crippen LogP contribution in [0.3, 0.4) is 0 Å². The van der Waals surface area contributed by atoms with Crippen LogP contribution in [0.4, 0.5) is 11.5 Å². The maximum absolute atomic E-state index is 12.9. The van der Waals surface area contributed by atoms with Gasteiger partial charge in [0.1, 0.15) is 5.82 Å². The monoisotopic (exact) mass is 397 g/mol. The molecule has 4 rings (SSSR count). The van der Waals surface area contributed by atoms with Gasteiger partial charge in [0.25, 0.3) is 5.91 Å². The minimum atomic E-state index is -0.503. The Bertz CT molecular complexity index is 939. The molecule has 0 spiro atoms. The first kappa shape index (κ1) is 18.3. The van der Waals surface area contributed by atoms with Gasteiger partial charge in [-0.05, 0) is 30.3 Å². The van der Waals surface area contributed by atoms with Crippen LogP contribution < -0.4 is 16.0 Å². The third-order valence-corrected chi connectivity index (χ3v) is 5.84. The van der Waals surface area contributed by atoms with Gasteiger partial charge in [0, 0.05) is 42.8 Å². The van der Waals surface area contributed by atoms with Crippen molar-refractivity contribution in [2.75, 3.05) is 42.1 Å². The summed E-state index contributed by atoms with van der Waals surface area (Å²) in [4.78, 5) is 44.6. The lowest BCUT2D eigenvalue weighted by Crippen LogP contribution is -2.49. The van der Waals surface area contributed by atoms with Crippen molar-refractivity contribution in [1.82, 2.24) is 9.88 Å². The fraction of sp³-hybridized carbons (Fsp3) is 0.263. The van der Waals surface area contributed by atoms with E-state index in [1.165, 1.54) is 18.0 Å². The Balaban J connectivity index is 1.40. The van der Waals surface area contributed by atoms with E-state index in [0.717, 1.165) is 16.4 Å². The average Bonchev–Trinajstić information content (AvgIpc) is 2.73. The number of rotatable bonds is 3. The smallest absolute Gasteiger partial charge is 0.254 e. The van der Waals surface area contributed by atoms with E-state index in [0.29, 0.717) is 43.1 Å². The van der Waals surface area contributed by atoms with Crippen molar-refractivity contribution in [1.29, 1.82) is 0 Å². The molecule has 0 bridgehead atoms. The summed E-state index contributed by atoms with van der Waals surface area (Å²) in [5.41, 5.74) is 7.00. The van der Waals surface area contributed by atoms with Gasteiger partial charge in [0.05, 0.1) is 17.0 Å². The Morgan fingerprint density at radius 2 is 1.82 bits per heavy atom. The van der Waals surface area contributed by atoms with Crippen LogP contribution in [0.25, 0.3) is 0 Å². The number of aromatic nitrogens is 1. The van der Waals surface area contributed by atoms with Crippen molar-refractivity contribution in [3.63, 3.8) is 0 Å². The number of nitrogens with zero attached hydrogens (tertiary/aromatic N) is 3. The molecule has 2 aromatic rings. The molecule has 1 fully saturated rings. The molecule has 3 amide bonds. The number of benzene rings is 1. The summed E-state index contributed by atoms with van der Waals surface area (Å²) in [7, 11) is 0. The first-order valence-electron chi connectivity index (χ1n) is 8.88. The number of primary amides is 1. The van der Waals surface area contributed by atoms with Gasteiger partial charge in [-0.15, -0.1) is 11.8 Å². The maximum atomic E-state index is 12.9. The van der Waals surface area contributed by atoms with Gasteiger partial charge in [-0.3, -0.25) is 14.4 Å². The Morgan fingerprint density at radius 1 is 1.07 bits per heavy atom. The number of carbonyl (C=O) groups is 3. The van der Waals surface area contributed by atoms with Crippen molar-refractivity contribution >= 4 is 41.0 Å². The number of carbonyl (C=O) groups excluding carboxylic acids is 3. The molecule has 2 aliphatic rings. The van der Waals surface area contributed by atoms with E-state index in [9.17, 15) is 14.4 Å². The lowest BCUT2D eigenvalue weighted by molar-refractivity contribution is -0.113. The number of hydrogen-bond acceptors (Lipinski definition) is 6. The van der Waals surface area contributed by atoms with Gasteiger partial charge < -0.3 is 20.9 Å². The summed E-state index contributed by atoms with van der Waals surface area (Å²) >= 11 is 1.44. The van der Waals surface area contributed by atoms with Gasteiger partial charge in [0.2, 0.25) is 11.8 Å². The van der Waals surface area contributed by atoms with E-state index in [1.807, 2.05) is 11.0 Å². The summed E-state index contributed by atoms with van der Waals surface area (Å²) in [5.74, 6) is 0.586. The third kappa shape index (κ3) is 3.65. The molecule has 8 nitrogen and oxygen atoms in total. The zero-order valence-electron chi connectivity index (χ0n) is 15.1. The Hall–Kier alpha value is -3.07. The number of amides is 3. The number of nitrogens with two attached hydrogens (primary N) is 1. The van der Waals surface area contributed by atoms with Crippen LogP contribution in [-0.4, -0.2) is 59.5 Å². The highest BCUT2D eigenvalue weighted by molar-refractivity contribution is 8.00. The van der Waals surface area contributed by atoms with Crippen LogP contribution in [0.2, 0.25) is 0 Å². The summed E-state index contributed by atoms with van der Waals surface area (Å²) in [6, 6.07) is 8.81. The fourth-order valence-electron chi connectivity index (χ4n) is 3.25. The van der Waals surface area contributed by atoms with Gasteiger partial charge in [-0.2, -0.15) is 0 Å². The summed E-state index contributed by atoms with van der Waals surface area (Å²) in [6.07, 6.45) is 1.47. The van der Waals surface area contributed by atoms with Crippen LogP contribution in [0.1, 0.15) is 20.7 Å². The quantitative estimate of drug-likeness (QED) is 0.805. The number of hydrogen-bond donors (Lipinski definition) is 2. The number of piperazine rings is 1. The second-order valence-electron chi connectivity index (χ2n) is 6.60. The highest BCUT2D eigenvalue weighted by Gasteiger charge is 2.24. The topological polar surface area (TPSA) is 109 Å². The van der Waals surface area contributed by atoms with E-state index in [-0.39, 0.29) is 11.8 Å². The third-order valence-electron chi connectivity index (χ3n) is 4.78. The molecule has 1 saturated heterocycles. The van der Waals surface area contributed by atoms with E-state index < -0.39 is 5.91 Å². The molecule has 3 heterocycles. The predicted molar refractivity (Wildman–Crippen MR) is 107 cm³/mol. The highest BCUT2D eigenvalue weighted by Crippen LogP contribution is 2.32. The van der Waals surface area contributed by atoms with E-state index >= 15 is 0 Å². The van der Waals surface area contributed by atoms with Crippen LogP contribution in [0.5, 0.6) is 0 Å². The second-order valence-corrected chi connectivity index (χ2v) is 7.61. The largest absolute Gasteiger partial charge is 0.366 e. The molecule has 1 aromatic heterocycles. The van der Waals surface area contributed by atoms with Crippen LogP contribution in [0.15, 0.2) is 41.4 Å². The van der Waals surface area contributed by atoms with Crippen LogP contribution in [0, 0.1) is 0 Å². The molecule has 144 valence electrons. The molecule has 1 aromatic carbocycles. The van der Waals surface area contributed by atoms with Crippen molar-refractivity contribution < 1.29 is 14.4 Å². The highest BCUT2D eigenvalue weighted by atomic mass is 32.2. The zero-order chi connectivity index (χ0) is 19.7. The van der Waals surface area contributed by atoms with Gasteiger partial charge in [0.15, 0.2) is 0 Å². The molecule has 28 heavy (non-hydrogen) atoms. The molecule has 0 atom stereocenters. The fourth-order valence-corrected chi connectivity index (χ4v) is 4.09. The molecular weight excluding hydrogens is 378 g/mol. The number of fused-ring (bicyclic) bond motifs is 1. The van der Waals surface area contributed by atoms with Gasteiger partial charge in [-0.1, -0.05) is 0 Å². The lowest BCUT2D eigenvalue weighted by atomic mass is 10.1. The number of pyridine rings is 1. The minimum absolute atomic E-state index is 0.0167. The van der Waals surface area contributed by atoms with E-state index in [4.69, 9.17) is 5.73 Å². The number of thioether (sulfide) groups is 1.